The van der Waals surface area contributed by atoms with Crippen LogP contribution in [0.5, 0.6) is 0 Å². The standard InChI is InChI=1S/C18H21N3S/c1-2-8-16-15(7-1)20-18(17-9-5-13-22-17)21(16)12-10-14-6-3-4-11-19-14/h1-2,5,7-9,13-14,19H,3-4,6,10-12H2. The van der Waals surface area contributed by atoms with Crippen molar-refractivity contribution in [3.05, 3.63) is 41.8 Å². The minimum absolute atomic E-state index is 0.658. The lowest BCUT2D eigenvalue weighted by Gasteiger charge is -2.23. The maximum atomic E-state index is 4.87. The fourth-order valence-corrected chi connectivity index (χ4v) is 4.07. The molecule has 114 valence electrons. The number of aryl methyl sites for hydroxylation is 1. The molecule has 0 radical (unpaired) electrons. The van der Waals surface area contributed by atoms with Gasteiger partial charge in [0.05, 0.1) is 15.9 Å². The molecule has 1 atom stereocenters. The molecule has 3 nitrogen and oxygen atoms in total. The first-order valence-electron chi connectivity index (χ1n) is 8.14. The minimum Gasteiger partial charge on any atom is -0.323 e. The Morgan fingerprint density at radius 2 is 2.14 bits per heavy atom. The molecule has 3 heterocycles. The van der Waals surface area contributed by atoms with Gasteiger partial charge in [0.2, 0.25) is 0 Å². The summed E-state index contributed by atoms with van der Waals surface area (Å²) in [6, 6.07) is 13.4. The van der Waals surface area contributed by atoms with Gasteiger partial charge in [-0.25, -0.2) is 4.98 Å². The molecule has 1 aromatic carbocycles. The molecule has 0 bridgehead atoms. The molecule has 22 heavy (non-hydrogen) atoms. The average Bonchev–Trinajstić information content (AvgIpc) is 3.21. The average molecular weight is 311 g/mol. The van der Waals surface area contributed by atoms with Crippen molar-refractivity contribution in [2.45, 2.75) is 38.3 Å². The molecule has 4 heteroatoms. The molecule has 2 aromatic heterocycles. The lowest BCUT2D eigenvalue weighted by Crippen LogP contribution is -2.34. The summed E-state index contributed by atoms with van der Waals surface area (Å²) in [4.78, 5) is 6.13. The number of imidazole rings is 1. The van der Waals surface area contributed by atoms with E-state index in [4.69, 9.17) is 4.98 Å². The van der Waals surface area contributed by atoms with E-state index in [1.807, 2.05) is 0 Å². The monoisotopic (exact) mass is 311 g/mol. The Hall–Kier alpha value is -1.65. The quantitative estimate of drug-likeness (QED) is 0.778. The van der Waals surface area contributed by atoms with Crippen molar-refractivity contribution >= 4 is 22.4 Å². The van der Waals surface area contributed by atoms with Crippen LogP contribution in [0.2, 0.25) is 0 Å². The number of fused-ring (bicyclic) bond motifs is 1. The van der Waals surface area contributed by atoms with Crippen LogP contribution in [0.15, 0.2) is 41.8 Å². The van der Waals surface area contributed by atoms with E-state index in [1.165, 1.54) is 42.6 Å². The lowest BCUT2D eigenvalue weighted by atomic mass is 10.0. The van der Waals surface area contributed by atoms with Crippen molar-refractivity contribution in [1.29, 1.82) is 0 Å². The van der Waals surface area contributed by atoms with Crippen molar-refractivity contribution in [1.82, 2.24) is 14.9 Å². The predicted molar refractivity (Wildman–Crippen MR) is 93.3 cm³/mol. The van der Waals surface area contributed by atoms with Crippen LogP contribution >= 0.6 is 11.3 Å². The number of aromatic nitrogens is 2. The predicted octanol–water partition coefficient (Wildman–Crippen LogP) is 4.30. The molecular weight excluding hydrogens is 290 g/mol. The van der Waals surface area contributed by atoms with Gasteiger partial charge in [-0.2, -0.15) is 0 Å². The van der Waals surface area contributed by atoms with Crippen molar-refractivity contribution < 1.29 is 0 Å². The van der Waals surface area contributed by atoms with Crippen molar-refractivity contribution in [2.24, 2.45) is 0 Å². The minimum atomic E-state index is 0.658. The zero-order valence-electron chi connectivity index (χ0n) is 12.7. The van der Waals surface area contributed by atoms with Gasteiger partial charge >= 0.3 is 0 Å². The summed E-state index contributed by atoms with van der Waals surface area (Å²) in [5.41, 5.74) is 2.35. The van der Waals surface area contributed by atoms with Crippen LogP contribution in [-0.2, 0) is 6.54 Å². The normalized spacial score (nSPS) is 18.8. The van der Waals surface area contributed by atoms with Crippen LogP contribution in [0.1, 0.15) is 25.7 Å². The number of piperidine rings is 1. The van der Waals surface area contributed by atoms with Crippen LogP contribution in [0.4, 0.5) is 0 Å². The van der Waals surface area contributed by atoms with E-state index in [0.29, 0.717) is 6.04 Å². The van der Waals surface area contributed by atoms with Gasteiger partial charge in [-0.05, 0) is 49.4 Å². The first-order valence-corrected chi connectivity index (χ1v) is 9.02. The maximum Gasteiger partial charge on any atom is 0.151 e. The van der Waals surface area contributed by atoms with Crippen molar-refractivity contribution in [3.63, 3.8) is 0 Å². The molecule has 1 unspecified atom stereocenters. The summed E-state index contributed by atoms with van der Waals surface area (Å²) in [5, 5.41) is 5.78. The first-order chi connectivity index (χ1) is 10.9. The van der Waals surface area contributed by atoms with Crippen LogP contribution in [0.25, 0.3) is 21.7 Å². The Bertz CT molecular complexity index is 739. The number of hydrogen-bond donors (Lipinski definition) is 1. The molecular formula is C18H21N3S. The van der Waals surface area contributed by atoms with Crippen molar-refractivity contribution in [3.8, 4) is 10.7 Å². The summed E-state index contributed by atoms with van der Waals surface area (Å²) in [7, 11) is 0. The smallest absolute Gasteiger partial charge is 0.151 e. The highest BCUT2D eigenvalue weighted by Crippen LogP contribution is 2.28. The summed E-state index contributed by atoms with van der Waals surface area (Å²) in [6.45, 7) is 2.21. The highest BCUT2D eigenvalue weighted by atomic mass is 32.1. The first kappa shape index (κ1) is 14.0. The van der Waals surface area contributed by atoms with E-state index in [-0.39, 0.29) is 0 Å². The molecule has 0 aliphatic carbocycles. The maximum absolute atomic E-state index is 4.87. The Balaban J connectivity index is 1.66. The number of rotatable bonds is 4. The van der Waals surface area contributed by atoms with Gasteiger partial charge in [0.15, 0.2) is 5.82 Å². The number of hydrogen-bond acceptors (Lipinski definition) is 3. The number of nitrogens with zero attached hydrogens (tertiary/aromatic N) is 2. The second-order valence-electron chi connectivity index (χ2n) is 5.99. The number of para-hydroxylation sites is 2. The van der Waals surface area contributed by atoms with E-state index < -0.39 is 0 Å². The van der Waals surface area contributed by atoms with E-state index >= 15 is 0 Å². The van der Waals surface area contributed by atoms with Gasteiger partial charge in [0, 0.05) is 12.6 Å². The second kappa shape index (κ2) is 6.23. The molecule has 0 amide bonds. The lowest BCUT2D eigenvalue weighted by molar-refractivity contribution is 0.369. The Morgan fingerprint density at radius 3 is 2.95 bits per heavy atom. The fraction of sp³-hybridized carbons (Fsp3) is 0.389. The summed E-state index contributed by atoms with van der Waals surface area (Å²) >= 11 is 1.77. The SMILES string of the molecule is c1csc(-c2nc3ccccc3n2CCC2CCCCN2)c1. The topological polar surface area (TPSA) is 29.9 Å². The molecule has 1 fully saturated rings. The van der Waals surface area contributed by atoms with Crippen molar-refractivity contribution in [2.75, 3.05) is 6.54 Å². The molecule has 1 saturated heterocycles. The zero-order valence-corrected chi connectivity index (χ0v) is 13.5. The third-order valence-corrected chi connectivity index (χ3v) is 5.38. The number of thiophene rings is 1. The Kier molecular flexibility index (Phi) is 3.95. The highest BCUT2D eigenvalue weighted by molar-refractivity contribution is 7.13. The fourth-order valence-electron chi connectivity index (χ4n) is 3.35. The van der Waals surface area contributed by atoms with Gasteiger partial charge < -0.3 is 9.88 Å². The van der Waals surface area contributed by atoms with Gasteiger partial charge in [-0.1, -0.05) is 24.6 Å². The van der Waals surface area contributed by atoms with Gasteiger partial charge in [0.25, 0.3) is 0 Å². The molecule has 3 aromatic rings. The van der Waals surface area contributed by atoms with Gasteiger partial charge in [-0.15, -0.1) is 11.3 Å². The van der Waals surface area contributed by atoms with Crippen LogP contribution in [0, 0.1) is 0 Å². The van der Waals surface area contributed by atoms with Crippen LogP contribution in [0.3, 0.4) is 0 Å². The summed E-state index contributed by atoms with van der Waals surface area (Å²) in [6.07, 6.45) is 5.17. The van der Waals surface area contributed by atoms with Gasteiger partial charge in [-0.3, -0.25) is 0 Å². The van der Waals surface area contributed by atoms with E-state index in [1.54, 1.807) is 11.3 Å². The summed E-state index contributed by atoms with van der Waals surface area (Å²) in [5.74, 6) is 1.12. The van der Waals surface area contributed by atoms with Gasteiger partial charge in [0.1, 0.15) is 0 Å². The van der Waals surface area contributed by atoms with Crippen LogP contribution < -0.4 is 5.32 Å². The van der Waals surface area contributed by atoms with Crippen LogP contribution in [-0.4, -0.2) is 22.1 Å². The molecule has 0 spiro atoms. The Labute approximate surface area is 135 Å². The zero-order chi connectivity index (χ0) is 14.8. The number of nitrogens with one attached hydrogen (secondary N) is 1. The largest absolute Gasteiger partial charge is 0.323 e. The summed E-state index contributed by atoms with van der Waals surface area (Å²) < 4.78 is 2.40. The van der Waals surface area contributed by atoms with E-state index in [9.17, 15) is 0 Å². The molecule has 4 rings (SSSR count). The number of benzene rings is 1. The van der Waals surface area contributed by atoms with E-state index in [0.717, 1.165) is 17.9 Å². The molecule has 1 aliphatic heterocycles. The molecule has 1 N–H and O–H groups in total. The second-order valence-corrected chi connectivity index (χ2v) is 6.94. The molecule has 1 aliphatic rings. The third-order valence-electron chi connectivity index (χ3n) is 4.51. The molecule has 0 saturated carbocycles. The van der Waals surface area contributed by atoms with E-state index in [2.05, 4.69) is 51.7 Å². The Morgan fingerprint density at radius 1 is 1.18 bits per heavy atom. The highest BCUT2D eigenvalue weighted by Gasteiger charge is 2.16. The third kappa shape index (κ3) is 2.69.